The summed E-state index contributed by atoms with van der Waals surface area (Å²) in [7, 11) is 0. The number of piperazine rings is 1. The molecule has 0 aromatic rings. The second-order valence-electron chi connectivity index (χ2n) is 6.62. The number of morpholine rings is 1. The maximum absolute atomic E-state index is 5.65. The fourth-order valence-electron chi connectivity index (χ4n) is 4.32. The standard InChI is InChI=1S/C16H29N5OS/c1-2-5-18(4-1)16(19-7-11-22-12-8-19)15-17-3-6-21(16)20-9-13-23-14-10-20/h1-2,17H,3-15H2. The van der Waals surface area contributed by atoms with Gasteiger partial charge in [-0.15, -0.1) is 0 Å². The lowest BCUT2D eigenvalue weighted by Crippen LogP contribution is -2.80. The highest BCUT2D eigenvalue weighted by Crippen LogP contribution is 2.32. The van der Waals surface area contributed by atoms with Gasteiger partial charge >= 0.3 is 0 Å². The molecule has 3 fully saturated rings. The van der Waals surface area contributed by atoms with Crippen molar-refractivity contribution in [3.05, 3.63) is 12.2 Å². The van der Waals surface area contributed by atoms with E-state index >= 15 is 0 Å². The molecule has 130 valence electrons. The molecule has 1 atom stereocenters. The van der Waals surface area contributed by atoms with Gasteiger partial charge in [0.15, 0.2) is 5.79 Å². The molecule has 23 heavy (non-hydrogen) atoms. The Morgan fingerprint density at radius 3 is 2.39 bits per heavy atom. The SMILES string of the molecule is C1=CCN(C2(N3CCOCC3)CNCCN2N2CCSCC2)C1. The predicted octanol–water partition coefficient (Wildman–Crippen LogP) is -0.287. The van der Waals surface area contributed by atoms with E-state index < -0.39 is 0 Å². The maximum atomic E-state index is 5.65. The second kappa shape index (κ2) is 7.39. The molecule has 0 aromatic carbocycles. The van der Waals surface area contributed by atoms with Crippen molar-refractivity contribution in [2.75, 3.05) is 83.6 Å². The minimum atomic E-state index is -0.0342. The number of hydrazine groups is 1. The van der Waals surface area contributed by atoms with Gasteiger partial charge < -0.3 is 10.1 Å². The summed E-state index contributed by atoms with van der Waals surface area (Å²) in [6.07, 6.45) is 4.64. The molecule has 1 N–H and O–H groups in total. The summed E-state index contributed by atoms with van der Waals surface area (Å²) in [5.74, 6) is 2.47. The van der Waals surface area contributed by atoms with Crippen LogP contribution in [0.5, 0.6) is 0 Å². The summed E-state index contributed by atoms with van der Waals surface area (Å²) in [4.78, 5) is 5.31. The molecule has 0 radical (unpaired) electrons. The van der Waals surface area contributed by atoms with Crippen molar-refractivity contribution >= 4 is 11.8 Å². The molecule has 4 aliphatic rings. The van der Waals surface area contributed by atoms with Crippen LogP contribution in [0.4, 0.5) is 0 Å². The van der Waals surface area contributed by atoms with E-state index in [9.17, 15) is 0 Å². The number of thioether (sulfide) groups is 1. The van der Waals surface area contributed by atoms with E-state index in [1.165, 1.54) is 24.6 Å². The van der Waals surface area contributed by atoms with Crippen molar-refractivity contribution in [3.8, 4) is 0 Å². The van der Waals surface area contributed by atoms with Gasteiger partial charge in [0, 0.05) is 70.4 Å². The third-order valence-corrected chi connectivity index (χ3v) is 6.39. The highest BCUT2D eigenvalue weighted by atomic mass is 32.2. The van der Waals surface area contributed by atoms with Crippen LogP contribution in [0.15, 0.2) is 12.2 Å². The van der Waals surface area contributed by atoms with Gasteiger partial charge in [-0.05, 0) is 0 Å². The zero-order valence-corrected chi connectivity index (χ0v) is 14.8. The third kappa shape index (κ3) is 3.08. The molecule has 0 aliphatic carbocycles. The Bertz CT molecular complexity index is 417. The van der Waals surface area contributed by atoms with Crippen LogP contribution in [0, 0.1) is 0 Å². The molecule has 4 aliphatic heterocycles. The first-order chi connectivity index (χ1) is 11.4. The van der Waals surface area contributed by atoms with E-state index in [1.807, 2.05) is 0 Å². The summed E-state index contributed by atoms with van der Waals surface area (Å²) >= 11 is 2.09. The largest absolute Gasteiger partial charge is 0.379 e. The number of hydrogen-bond acceptors (Lipinski definition) is 7. The van der Waals surface area contributed by atoms with Gasteiger partial charge in [-0.25, -0.2) is 10.0 Å². The Morgan fingerprint density at radius 2 is 1.65 bits per heavy atom. The summed E-state index contributed by atoms with van der Waals surface area (Å²) in [6.45, 7) is 11.4. The van der Waals surface area contributed by atoms with Crippen molar-refractivity contribution in [3.63, 3.8) is 0 Å². The number of hydrogen-bond donors (Lipinski definition) is 1. The summed E-state index contributed by atoms with van der Waals surface area (Å²) < 4.78 is 5.65. The minimum Gasteiger partial charge on any atom is -0.379 e. The Morgan fingerprint density at radius 1 is 0.913 bits per heavy atom. The molecule has 1 unspecified atom stereocenters. The monoisotopic (exact) mass is 339 g/mol. The van der Waals surface area contributed by atoms with Crippen LogP contribution in [-0.2, 0) is 4.74 Å². The molecular weight excluding hydrogens is 310 g/mol. The topological polar surface area (TPSA) is 34.2 Å². The van der Waals surface area contributed by atoms with Crippen molar-refractivity contribution in [1.29, 1.82) is 0 Å². The predicted molar refractivity (Wildman–Crippen MR) is 94.3 cm³/mol. The Labute approximate surface area is 143 Å². The molecule has 0 aromatic heterocycles. The zero-order chi connectivity index (χ0) is 15.5. The molecule has 6 nitrogen and oxygen atoms in total. The first-order valence-electron chi connectivity index (χ1n) is 8.95. The fourth-order valence-corrected chi connectivity index (χ4v) is 5.20. The van der Waals surface area contributed by atoms with E-state index in [-0.39, 0.29) is 5.79 Å². The molecule has 0 bridgehead atoms. The van der Waals surface area contributed by atoms with Gasteiger partial charge in [-0.3, -0.25) is 9.80 Å². The van der Waals surface area contributed by atoms with Crippen LogP contribution in [0.3, 0.4) is 0 Å². The first kappa shape index (κ1) is 16.3. The smallest absolute Gasteiger partial charge is 0.157 e. The lowest BCUT2D eigenvalue weighted by molar-refractivity contribution is -0.259. The van der Waals surface area contributed by atoms with Gasteiger partial charge in [-0.2, -0.15) is 11.8 Å². The van der Waals surface area contributed by atoms with Crippen LogP contribution < -0.4 is 5.32 Å². The van der Waals surface area contributed by atoms with E-state index in [2.05, 4.69) is 49.0 Å². The van der Waals surface area contributed by atoms with Crippen LogP contribution in [0.25, 0.3) is 0 Å². The van der Waals surface area contributed by atoms with Gasteiger partial charge in [0.1, 0.15) is 0 Å². The van der Waals surface area contributed by atoms with Crippen molar-refractivity contribution in [2.24, 2.45) is 0 Å². The summed E-state index contributed by atoms with van der Waals surface area (Å²) in [5.41, 5.74) is 0. The van der Waals surface area contributed by atoms with Gasteiger partial charge in [0.2, 0.25) is 0 Å². The zero-order valence-electron chi connectivity index (χ0n) is 14.0. The molecular formula is C16H29N5OS. The fraction of sp³-hybridized carbons (Fsp3) is 0.875. The Balaban J connectivity index is 1.64. The molecule has 0 saturated carbocycles. The van der Waals surface area contributed by atoms with Crippen molar-refractivity contribution < 1.29 is 4.74 Å². The van der Waals surface area contributed by atoms with Crippen LogP contribution in [-0.4, -0.2) is 109 Å². The molecule has 0 spiro atoms. The molecule has 4 heterocycles. The molecule has 7 heteroatoms. The second-order valence-corrected chi connectivity index (χ2v) is 7.84. The summed E-state index contributed by atoms with van der Waals surface area (Å²) in [6, 6.07) is 0. The minimum absolute atomic E-state index is 0.0342. The van der Waals surface area contributed by atoms with Crippen LogP contribution in [0.1, 0.15) is 0 Å². The Hall–Kier alpha value is -0.150. The average Bonchev–Trinajstić information content (AvgIpc) is 3.18. The number of nitrogens with one attached hydrogen (secondary N) is 1. The van der Waals surface area contributed by atoms with Gasteiger partial charge in [0.05, 0.1) is 13.2 Å². The van der Waals surface area contributed by atoms with Gasteiger partial charge in [-0.1, -0.05) is 12.2 Å². The Kier molecular flexibility index (Phi) is 5.25. The molecule has 4 rings (SSSR count). The van der Waals surface area contributed by atoms with E-state index in [1.54, 1.807) is 0 Å². The summed E-state index contributed by atoms with van der Waals surface area (Å²) in [5, 5.41) is 9.02. The third-order valence-electron chi connectivity index (χ3n) is 5.45. The molecule has 3 saturated heterocycles. The normalized spacial score (nSPS) is 35.8. The van der Waals surface area contributed by atoms with Crippen LogP contribution in [0.2, 0.25) is 0 Å². The number of ether oxygens (including phenoxy) is 1. The number of rotatable bonds is 3. The van der Waals surface area contributed by atoms with Crippen LogP contribution >= 0.6 is 11.8 Å². The average molecular weight is 340 g/mol. The van der Waals surface area contributed by atoms with E-state index in [4.69, 9.17) is 4.74 Å². The quantitative estimate of drug-likeness (QED) is 0.708. The lowest BCUT2D eigenvalue weighted by Gasteiger charge is -2.61. The van der Waals surface area contributed by atoms with Crippen molar-refractivity contribution in [1.82, 2.24) is 25.1 Å². The van der Waals surface area contributed by atoms with Crippen molar-refractivity contribution in [2.45, 2.75) is 5.79 Å². The van der Waals surface area contributed by atoms with Gasteiger partial charge in [0.25, 0.3) is 0 Å². The van der Waals surface area contributed by atoms with E-state index in [0.717, 1.165) is 59.0 Å². The molecule has 0 amide bonds. The maximum Gasteiger partial charge on any atom is 0.157 e. The lowest BCUT2D eigenvalue weighted by atomic mass is 10.1. The highest BCUT2D eigenvalue weighted by Gasteiger charge is 2.51. The first-order valence-corrected chi connectivity index (χ1v) is 10.1. The highest BCUT2D eigenvalue weighted by molar-refractivity contribution is 7.99. The number of nitrogens with zero attached hydrogens (tertiary/aromatic N) is 4. The van der Waals surface area contributed by atoms with E-state index in [0.29, 0.717) is 0 Å².